The number of nitrogen functional groups attached to an aromatic ring is 1. The number of anilines is 1. The highest BCUT2D eigenvalue weighted by molar-refractivity contribution is 6.31. The number of benzene rings is 2. The first-order valence-electron chi connectivity index (χ1n) is 6.24. The highest BCUT2D eigenvalue weighted by Gasteiger charge is 2.11. The molecule has 1 heterocycles. The third-order valence-corrected chi connectivity index (χ3v) is 3.27. The molecule has 0 atom stereocenters. The monoisotopic (exact) mass is 303 g/mol. The Kier molecular flexibility index (Phi) is 3.58. The first-order chi connectivity index (χ1) is 10.1. The molecule has 3 rings (SSSR count). The summed E-state index contributed by atoms with van der Waals surface area (Å²) in [7, 11) is 0. The minimum atomic E-state index is -0.481. The lowest BCUT2D eigenvalue weighted by atomic mass is 10.1. The van der Waals surface area contributed by atoms with Crippen LogP contribution in [0.2, 0.25) is 5.02 Å². The van der Waals surface area contributed by atoms with E-state index in [0.717, 1.165) is 5.56 Å². The van der Waals surface area contributed by atoms with Crippen LogP contribution in [0, 0.1) is 5.82 Å². The fourth-order valence-electron chi connectivity index (χ4n) is 1.89. The zero-order chi connectivity index (χ0) is 14.8. The largest absolute Gasteiger partial charge is 0.399 e. The Morgan fingerprint density at radius 1 is 1.14 bits per heavy atom. The van der Waals surface area contributed by atoms with Crippen molar-refractivity contribution < 1.29 is 8.91 Å². The normalized spacial score (nSPS) is 10.8. The fourth-order valence-corrected chi connectivity index (χ4v) is 2.07. The molecule has 0 unspecified atom stereocenters. The van der Waals surface area contributed by atoms with Crippen molar-refractivity contribution in [2.24, 2.45) is 0 Å². The predicted molar refractivity (Wildman–Crippen MR) is 78.4 cm³/mol. The van der Waals surface area contributed by atoms with Gasteiger partial charge < -0.3 is 10.3 Å². The fraction of sp³-hybridized carbons (Fsp3) is 0.0667. The van der Waals surface area contributed by atoms with E-state index in [1.165, 1.54) is 12.1 Å². The van der Waals surface area contributed by atoms with Gasteiger partial charge in [-0.05, 0) is 35.9 Å². The molecule has 0 saturated heterocycles. The number of aromatic nitrogens is 2. The topological polar surface area (TPSA) is 64.9 Å². The molecule has 0 spiro atoms. The first-order valence-corrected chi connectivity index (χ1v) is 6.62. The van der Waals surface area contributed by atoms with Gasteiger partial charge in [0.05, 0.1) is 11.4 Å². The Balaban J connectivity index is 1.82. The molecule has 0 fully saturated rings. The van der Waals surface area contributed by atoms with Gasteiger partial charge in [0.1, 0.15) is 5.82 Å². The second-order valence-corrected chi connectivity index (χ2v) is 4.97. The average Bonchev–Trinajstić information content (AvgIpc) is 2.93. The average molecular weight is 304 g/mol. The lowest BCUT2D eigenvalue weighted by Crippen LogP contribution is -1.90. The van der Waals surface area contributed by atoms with Crippen LogP contribution < -0.4 is 5.73 Å². The Labute approximate surface area is 125 Å². The van der Waals surface area contributed by atoms with Crippen LogP contribution in [0.25, 0.3) is 11.4 Å². The van der Waals surface area contributed by atoms with Crippen molar-refractivity contribution in [3.8, 4) is 11.4 Å². The van der Waals surface area contributed by atoms with E-state index in [9.17, 15) is 4.39 Å². The molecule has 0 bridgehead atoms. The predicted octanol–water partition coefficient (Wildman–Crippen LogP) is 3.70. The van der Waals surface area contributed by atoms with Crippen molar-refractivity contribution in [1.29, 1.82) is 0 Å². The summed E-state index contributed by atoms with van der Waals surface area (Å²) in [6, 6.07) is 11.7. The quantitative estimate of drug-likeness (QED) is 0.749. The van der Waals surface area contributed by atoms with Crippen LogP contribution in [0.1, 0.15) is 11.5 Å². The zero-order valence-electron chi connectivity index (χ0n) is 10.9. The maximum atomic E-state index is 13.1. The molecule has 0 aliphatic carbocycles. The van der Waals surface area contributed by atoms with Gasteiger partial charge >= 0.3 is 0 Å². The van der Waals surface area contributed by atoms with E-state index < -0.39 is 5.82 Å². The van der Waals surface area contributed by atoms with Gasteiger partial charge in [0, 0.05) is 11.3 Å². The summed E-state index contributed by atoms with van der Waals surface area (Å²) in [6.07, 6.45) is 0.502. The molecule has 0 amide bonds. The Morgan fingerprint density at radius 2 is 1.90 bits per heavy atom. The molecule has 106 valence electrons. The Hall–Kier alpha value is -2.40. The summed E-state index contributed by atoms with van der Waals surface area (Å²) in [5.74, 6) is 0.364. The molecule has 0 aliphatic heterocycles. The minimum absolute atomic E-state index is 0.0254. The maximum Gasteiger partial charge on any atom is 0.231 e. The van der Waals surface area contributed by atoms with E-state index >= 15 is 0 Å². The van der Waals surface area contributed by atoms with Crippen LogP contribution in [-0.4, -0.2) is 10.1 Å². The van der Waals surface area contributed by atoms with Crippen LogP contribution >= 0.6 is 11.6 Å². The maximum absolute atomic E-state index is 13.1. The van der Waals surface area contributed by atoms with Crippen molar-refractivity contribution in [1.82, 2.24) is 10.1 Å². The van der Waals surface area contributed by atoms with Crippen molar-refractivity contribution in [3.05, 3.63) is 64.8 Å². The second kappa shape index (κ2) is 5.54. The number of hydrogen-bond donors (Lipinski definition) is 1. The second-order valence-electron chi connectivity index (χ2n) is 4.56. The SMILES string of the molecule is Nc1ccc(Cc2nc(-c3ccc(F)c(Cl)c3)no2)cc1. The van der Waals surface area contributed by atoms with Gasteiger partial charge in [-0.15, -0.1) is 0 Å². The summed E-state index contributed by atoms with van der Waals surface area (Å²) in [6.45, 7) is 0. The summed E-state index contributed by atoms with van der Waals surface area (Å²) in [4.78, 5) is 4.28. The van der Waals surface area contributed by atoms with Gasteiger partial charge in [0.2, 0.25) is 11.7 Å². The van der Waals surface area contributed by atoms with E-state index in [4.69, 9.17) is 21.9 Å². The molecule has 0 aliphatic rings. The lowest BCUT2D eigenvalue weighted by molar-refractivity contribution is 0.385. The van der Waals surface area contributed by atoms with E-state index in [0.29, 0.717) is 29.4 Å². The summed E-state index contributed by atoms with van der Waals surface area (Å²) < 4.78 is 18.3. The summed E-state index contributed by atoms with van der Waals surface area (Å²) in [5.41, 5.74) is 7.95. The van der Waals surface area contributed by atoms with Gasteiger partial charge in [-0.3, -0.25) is 0 Å². The highest BCUT2D eigenvalue weighted by atomic mass is 35.5. The van der Waals surface area contributed by atoms with E-state index in [1.54, 1.807) is 6.07 Å². The van der Waals surface area contributed by atoms with Crippen LogP contribution in [0.3, 0.4) is 0 Å². The summed E-state index contributed by atoms with van der Waals surface area (Å²) in [5, 5.41) is 3.90. The molecule has 4 nitrogen and oxygen atoms in total. The number of halogens is 2. The number of nitrogens with two attached hydrogens (primary N) is 1. The third kappa shape index (κ3) is 3.03. The van der Waals surface area contributed by atoms with Crippen molar-refractivity contribution >= 4 is 17.3 Å². The van der Waals surface area contributed by atoms with Crippen molar-refractivity contribution in [3.63, 3.8) is 0 Å². The van der Waals surface area contributed by atoms with E-state index in [-0.39, 0.29) is 5.02 Å². The first kappa shape index (κ1) is 13.6. The smallest absolute Gasteiger partial charge is 0.231 e. The van der Waals surface area contributed by atoms with Gasteiger partial charge in [0.25, 0.3) is 0 Å². The summed E-state index contributed by atoms with van der Waals surface area (Å²) >= 11 is 5.74. The molecular weight excluding hydrogens is 293 g/mol. The molecule has 2 N–H and O–H groups in total. The molecule has 0 radical (unpaired) electrons. The molecule has 3 aromatic rings. The van der Waals surface area contributed by atoms with Crippen LogP contribution in [0.4, 0.5) is 10.1 Å². The van der Waals surface area contributed by atoms with Gasteiger partial charge in [-0.1, -0.05) is 28.9 Å². The number of rotatable bonds is 3. The van der Waals surface area contributed by atoms with Crippen LogP contribution in [-0.2, 0) is 6.42 Å². The van der Waals surface area contributed by atoms with Crippen LogP contribution in [0.5, 0.6) is 0 Å². The van der Waals surface area contributed by atoms with Crippen LogP contribution in [0.15, 0.2) is 47.0 Å². The van der Waals surface area contributed by atoms with Gasteiger partial charge in [-0.2, -0.15) is 4.98 Å². The van der Waals surface area contributed by atoms with Gasteiger partial charge in [0.15, 0.2) is 0 Å². The third-order valence-electron chi connectivity index (χ3n) is 2.98. The van der Waals surface area contributed by atoms with Crippen molar-refractivity contribution in [2.75, 3.05) is 5.73 Å². The molecule has 1 aromatic heterocycles. The molecule has 2 aromatic carbocycles. The standard InChI is InChI=1S/C15H11ClFN3O/c16-12-8-10(3-6-13(12)17)15-19-14(21-20-15)7-9-1-4-11(18)5-2-9/h1-6,8H,7,18H2. The molecule has 0 saturated carbocycles. The van der Waals surface area contributed by atoms with E-state index in [2.05, 4.69) is 10.1 Å². The molecular formula is C15H11ClFN3O. The van der Waals surface area contributed by atoms with Gasteiger partial charge in [-0.25, -0.2) is 4.39 Å². The highest BCUT2D eigenvalue weighted by Crippen LogP contribution is 2.23. The molecule has 21 heavy (non-hydrogen) atoms. The van der Waals surface area contributed by atoms with Crippen molar-refractivity contribution in [2.45, 2.75) is 6.42 Å². The lowest BCUT2D eigenvalue weighted by Gasteiger charge is -1.97. The minimum Gasteiger partial charge on any atom is -0.399 e. The van der Waals surface area contributed by atoms with E-state index in [1.807, 2.05) is 24.3 Å². The zero-order valence-corrected chi connectivity index (χ0v) is 11.6. The Morgan fingerprint density at radius 3 is 2.62 bits per heavy atom. The number of hydrogen-bond acceptors (Lipinski definition) is 4. The molecule has 6 heteroatoms. The number of nitrogens with zero attached hydrogens (tertiary/aromatic N) is 2. The Bertz CT molecular complexity index is 771.